The first kappa shape index (κ1) is 27.1. The fourth-order valence-electron chi connectivity index (χ4n) is 6.27. The first-order valence-corrected chi connectivity index (χ1v) is 12.3. The van der Waals surface area contributed by atoms with Gasteiger partial charge in [-0.15, -0.1) is 0 Å². The molecule has 0 heterocycles. The normalized spacial score (nSPS) is 33.4. The first-order valence-electron chi connectivity index (χ1n) is 12.3. The molecule has 1 aromatic carbocycles. The second kappa shape index (κ2) is 9.39. The molecule has 0 aromatic heterocycles. The predicted octanol–water partition coefficient (Wildman–Crippen LogP) is -1.42. The lowest BCUT2D eigenvalue weighted by atomic mass is 9.51. The van der Waals surface area contributed by atoms with Gasteiger partial charge in [-0.1, -0.05) is 26.0 Å². The zero-order valence-corrected chi connectivity index (χ0v) is 21.2. The van der Waals surface area contributed by atoms with E-state index in [1.807, 2.05) is 13.8 Å². The van der Waals surface area contributed by atoms with Crippen LogP contribution in [-0.4, -0.2) is 87.6 Å². The van der Waals surface area contributed by atoms with E-state index in [0.29, 0.717) is 23.6 Å². The molecule has 0 spiro atoms. The molecule has 0 radical (unpaired) electrons. The Hall–Kier alpha value is -2.99. The summed E-state index contributed by atoms with van der Waals surface area (Å²) in [4.78, 5) is 67.2. The van der Waals surface area contributed by atoms with Gasteiger partial charge in [0.1, 0.15) is 5.75 Å². The van der Waals surface area contributed by atoms with Crippen LogP contribution >= 0.6 is 0 Å². The molecule has 6 N–H and O–H groups in total. The quantitative estimate of drug-likeness (QED) is 0.282. The average molecular weight is 516 g/mol. The lowest BCUT2D eigenvalue weighted by Crippen LogP contribution is -2.77. The van der Waals surface area contributed by atoms with Crippen LogP contribution < -0.4 is 11.1 Å². The smallest absolute Gasteiger partial charge is 0.235 e. The number of aromatic hydroxyl groups is 1. The molecule has 1 amide bonds. The summed E-state index contributed by atoms with van der Waals surface area (Å²) in [7, 11) is 2.91. The molecule has 37 heavy (non-hydrogen) atoms. The number of carbonyl (C=O) groups is 5. The Morgan fingerprint density at radius 1 is 1.19 bits per heavy atom. The first-order chi connectivity index (χ1) is 17.2. The van der Waals surface area contributed by atoms with Gasteiger partial charge in [0.25, 0.3) is 0 Å². The van der Waals surface area contributed by atoms with Crippen LogP contribution in [0.4, 0.5) is 0 Å². The molecule has 11 nitrogen and oxygen atoms in total. The van der Waals surface area contributed by atoms with Crippen molar-refractivity contribution < 1.29 is 39.3 Å². The number of hydrogen-bond donors (Lipinski definition) is 5. The van der Waals surface area contributed by atoms with Gasteiger partial charge in [-0.05, 0) is 38.5 Å². The maximum absolute atomic E-state index is 13.8. The zero-order valence-electron chi connectivity index (χ0n) is 21.2. The molecule has 0 aliphatic heterocycles. The largest absolute Gasteiger partial charge is 0.507 e. The maximum atomic E-state index is 13.8. The molecule has 3 aliphatic rings. The predicted molar refractivity (Wildman–Crippen MR) is 129 cm³/mol. The monoisotopic (exact) mass is 515 g/mol. The van der Waals surface area contributed by atoms with Crippen molar-refractivity contribution in [3.8, 4) is 5.75 Å². The highest BCUT2D eigenvalue weighted by molar-refractivity contribution is 6.32. The molecule has 1 aromatic rings. The SMILES string of the molecule is CC(C)CNCc1ccc2c(c1O)C(=O)C1C(=O)[C@]3(O)C(=O)C(C(N)=O)C(=O)[C@@H](N(C)C)[C@@H]3[C@@H](O)[C@@H]1C2. The zero-order chi connectivity index (χ0) is 27.6. The highest BCUT2D eigenvalue weighted by Crippen LogP contribution is 2.51. The third kappa shape index (κ3) is 3.92. The Labute approximate surface area is 214 Å². The Kier molecular flexibility index (Phi) is 6.87. The van der Waals surface area contributed by atoms with Crippen LogP contribution in [0.2, 0.25) is 0 Å². The number of fused-ring (bicyclic) bond motifs is 3. The van der Waals surface area contributed by atoms with Gasteiger partial charge in [-0.25, -0.2) is 0 Å². The highest BCUT2D eigenvalue weighted by atomic mass is 16.3. The van der Waals surface area contributed by atoms with Gasteiger partial charge in [-0.2, -0.15) is 0 Å². The van der Waals surface area contributed by atoms with Crippen molar-refractivity contribution in [1.82, 2.24) is 10.2 Å². The highest BCUT2D eigenvalue weighted by Gasteiger charge is 2.72. The lowest BCUT2D eigenvalue weighted by molar-refractivity contribution is -0.195. The molecule has 0 saturated heterocycles. The van der Waals surface area contributed by atoms with Crippen LogP contribution in [0.3, 0.4) is 0 Å². The van der Waals surface area contributed by atoms with Gasteiger partial charge >= 0.3 is 0 Å². The van der Waals surface area contributed by atoms with E-state index in [9.17, 15) is 39.3 Å². The van der Waals surface area contributed by atoms with Crippen molar-refractivity contribution in [1.29, 1.82) is 0 Å². The van der Waals surface area contributed by atoms with E-state index in [-0.39, 0.29) is 24.3 Å². The van der Waals surface area contributed by atoms with Gasteiger partial charge in [-0.3, -0.25) is 28.9 Å². The third-order valence-corrected chi connectivity index (χ3v) is 7.97. The number of aliphatic hydroxyl groups is 2. The van der Waals surface area contributed by atoms with Crippen LogP contribution in [0.25, 0.3) is 0 Å². The summed E-state index contributed by atoms with van der Waals surface area (Å²) in [6.45, 7) is 4.98. The number of nitrogens with two attached hydrogens (primary N) is 1. The number of nitrogens with one attached hydrogen (secondary N) is 1. The minimum atomic E-state index is -2.98. The van der Waals surface area contributed by atoms with Crippen LogP contribution in [0.1, 0.15) is 35.3 Å². The Morgan fingerprint density at radius 2 is 1.84 bits per heavy atom. The number of phenols is 1. The fraction of sp³-hybridized carbons (Fsp3) is 0.577. The lowest BCUT2D eigenvalue weighted by Gasteiger charge is -2.54. The summed E-state index contributed by atoms with van der Waals surface area (Å²) in [6.07, 6.45) is -1.62. The third-order valence-electron chi connectivity index (χ3n) is 7.97. The van der Waals surface area contributed by atoms with Gasteiger partial charge in [0.15, 0.2) is 34.7 Å². The minimum absolute atomic E-state index is 0.000265. The van der Waals surface area contributed by atoms with E-state index in [2.05, 4.69) is 5.32 Å². The van der Waals surface area contributed by atoms with E-state index in [1.54, 1.807) is 12.1 Å². The Balaban J connectivity index is 1.80. The summed E-state index contributed by atoms with van der Waals surface area (Å²) >= 11 is 0. The number of Topliss-reactive ketones (excluding diaryl/α,β-unsaturated/α-hetero) is 4. The Morgan fingerprint density at radius 3 is 2.41 bits per heavy atom. The second-order valence-electron chi connectivity index (χ2n) is 11.0. The molecule has 11 heteroatoms. The number of ketones is 4. The molecule has 3 aliphatic carbocycles. The van der Waals surface area contributed by atoms with E-state index in [1.165, 1.54) is 19.0 Å². The number of phenolic OH excluding ortho intramolecular Hbond substituents is 1. The van der Waals surface area contributed by atoms with Crippen molar-refractivity contribution in [3.63, 3.8) is 0 Å². The average Bonchev–Trinajstić information content (AvgIpc) is 2.80. The molecule has 2 saturated carbocycles. The second-order valence-corrected chi connectivity index (χ2v) is 11.0. The van der Waals surface area contributed by atoms with Crippen molar-refractivity contribution in [2.45, 2.75) is 44.6 Å². The van der Waals surface area contributed by atoms with E-state index in [4.69, 9.17) is 5.73 Å². The number of rotatable bonds is 6. The molecule has 200 valence electrons. The number of nitrogens with zero attached hydrogens (tertiary/aromatic N) is 1. The van der Waals surface area contributed by atoms with Gasteiger partial charge in [0, 0.05) is 18.0 Å². The molecule has 7 atom stereocenters. The Bertz CT molecular complexity index is 1190. The number of benzene rings is 1. The maximum Gasteiger partial charge on any atom is 0.235 e. The molecular formula is C26H33N3O8. The molecule has 4 rings (SSSR count). The molecule has 2 fully saturated rings. The van der Waals surface area contributed by atoms with Crippen LogP contribution in [0, 0.1) is 29.6 Å². The van der Waals surface area contributed by atoms with Crippen molar-refractivity contribution in [2.24, 2.45) is 35.3 Å². The number of amides is 1. The summed E-state index contributed by atoms with van der Waals surface area (Å²) < 4.78 is 0. The number of primary amides is 1. The van der Waals surface area contributed by atoms with Gasteiger partial charge in [0.2, 0.25) is 5.91 Å². The number of aliphatic hydroxyl groups excluding tert-OH is 1. The summed E-state index contributed by atoms with van der Waals surface area (Å²) in [5.41, 5.74) is 3.07. The standard InChI is InChI=1S/C26H33N3O8/c1-10(2)8-28-9-12-6-5-11-7-13-15(21(32)14(11)19(12)30)23(34)26(37)17(20(13)31)18(29(3)4)22(33)16(24(26)35)25(27)36/h5-6,10,13,15-18,20,28,30-31,37H,7-9H2,1-4H3,(H2,27,36)/t13-,15?,16?,17-,18+,20+,26+/m1/s1. The van der Waals surface area contributed by atoms with Crippen molar-refractivity contribution in [2.75, 3.05) is 20.6 Å². The summed E-state index contributed by atoms with van der Waals surface area (Å²) in [5.74, 6) is -12.0. The van der Waals surface area contributed by atoms with Gasteiger partial charge < -0.3 is 26.4 Å². The van der Waals surface area contributed by atoms with Crippen LogP contribution in [0.15, 0.2) is 12.1 Å². The van der Waals surface area contributed by atoms with Crippen molar-refractivity contribution >= 4 is 29.0 Å². The van der Waals surface area contributed by atoms with E-state index < -0.39 is 70.5 Å². The van der Waals surface area contributed by atoms with E-state index >= 15 is 0 Å². The molecular weight excluding hydrogens is 482 g/mol. The van der Waals surface area contributed by atoms with E-state index in [0.717, 1.165) is 0 Å². The number of hydrogen-bond acceptors (Lipinski definition) is 10. The molecule has 0 bridgehead atoms. The van der Waals surface area contributed by atoms with Gasteiger partial charge in [0.05, 0.1) is 29.5 Å². The van der Waals surface area contributed by atoms with Crippen LogP contribution in [-0.2, 0) is 32.1 Å². The summed E-state index contributed by atoms with van der Waals surface area (Å²) in [6, 6.07) is 1.94. The summed E-state index contributed by atoms with van der Waals surface area (Å²) in [5, 5.41) is 37.1. The fourth-order valence-corrected chi connectivity index (χ4v) is 6.27. The van der Waals surface area contributed by atoms with Crippen LogP contribution in [0.5, 0.6) is 5.75 Å². The molecule has 2 unspecified atom stereocenters. The van der Waals surface area contributed by atoms with Crippen molar-refractivity contribution in [3.05, 3.63) is 28.8 Å². The topological polar surface area (TPSA) is 187 Å². The number of likely N-dealkylation sites (N-methyl/N-ethyl adjacent to an activating group) is 1. The minimum Gasteiger partial charge on any atom is -0.507 e. The number of carbonyl (C=O) groups excluding carboxylic acids is 5.